The molecule has 0 aromatic rings. The normalized spacial score (nSPS) is 48.2. The molecule has 9 heteroatoms. The van der Waals surface area contributed by atoms with Crippen LogP contribution in [0.15, 0.2) is 11.6 Å². The highest BCUT2D eigenvalue weighted by Crippen LogP contribution is 2.29. The van der Waals surface area contributed by atoms with Crippen LogP contribution in [0.5, 0.6) is 0 Å². The highest BCUT2D eigenvalue weighted by Gasteiger charge is 2.47. The van der Waals surface area contributed by atoms with E-state index in [4.69, 9.17) is 15.2 Å². The van der Waals surface area contributed by atoms with Crippen LogP contribution in [0, 0.1) is 0 Å². The molecule has 0 bridgehead atoms. The van der Waals surface area contributed by atoms with Crippen molar-refractivity contribution in [2.24, 2.45) is 5.73 Å². The minimum atomic E-state index is -1.55. The van der Waals surface area contributed by atoms with Gasteiger partial charge in [-0.2, -0.15) is 0 Å². The maximum absolute atomic E-state index is 10.1. The van der Waals surface area contributed by atoms with Crippen molar-refractivity contribution >= 4 is 0 Å². The fourth-order valence-electron chi connectivity index (χ4n) is 2.89. The van der Waals surface area contributed by atoms with E-state index < -0.39 is 61.7 Å². The van der Waals surface area contributed by atoms with Crippen molar-refractivity contribution in [1.29, 1.82) is 0 Å². The van der Waals surface area contributed by atoms with Crippen LogP contribution in [0.3, 0.4) is 0 Å². The van der Waals surface area contributed by atoms with Gasteiger partial charge in [0.25, 0.3) is 0 Å². The first-order valence-electron chi connectivity index (χ1n) is 7.60. The molecule has 0 aromatic heterocycles. The standard InChI is InChI=1S/C14H25NO8/c1-2-7-9(18)10(19)12(21)14(22-7)23-13-5(4-16)3-6(15)8(17)11(13)20/h3,6-14,16-21H,2,4,15H2,1H3. The van der Waals surface area contributed by atoms with E-state index in [1.54, 1.807) is 6.92 Å². The number of nitrogens with two attached hydrogens (primary N) is 1. The fourth-order valence-corrected chi connectivity index (χ4v) is 2.89. The summed E-state index contributed by atoms with van der Waals surface area (Å²) in [6, 6.07) is -0.861. The van der Waals surface area contributed by atoms with Gasteiger partial charge in [0.15, 0.2) is 6.29 Å². The van der Waals surface area contributed by atoms with Crippen LogP contribution >= 0.6 is 0 Å². The smallest absolute Gasteiger partial charge is 0.187 e. The average Bonchev–Trinajstić information content (AvgIpc) is 2.55. The van der Waals surface area contributed by atoms with Crippen LogP contribution in [-0.4, -0.2) is 92.3 Å². The third kappa shape index (κ3) is 3.58. The van der Waals surface area contributed by atoms with Gasteiger partial charge in [-0.1, -0.05) is 13.0 Å². The molecule has 0 saturated carbocycles. The van der Waals surface area contributed by atoms with E-state index in [-0.39, 0.29) is 5.57 Å². The van der Waals surface area contributed by atoms with Crippen molar-refractivity contribution in [3.05, 3.63) is 11.6 Å². The topological polar surface area (TPSA) is 166 Å². The zero-order valence-corrected chi connectivity index (χ0v) is 12.8. The number of aliphatic hydroxyl groups is 6. The Kier molecular flexibility index (Phi) is 6.11. The Hall–Kier alpha value is -0.620. The van der Waals surface area contributed by atoms with E-state index in [0.717, 1.165) is 0 Å². The zero-order chi connectivity index (χ0) is 17.3. The second kappa shape index (κ2) is 7.51. The van der Waals surface area contributed by atoms with Crippen LogP contribution in [0.1, 0.15) is 13.3 Å². The van der Waals surface area contributed by atoms with E-state index in [9.17, 15) is 30.6 Å². The van der Waals surface area contributed by atoms with Crippen LogP contribution in [0.2, 0.25) is 0 Å². The minimum Gasteiger partial charge on any atom is -0.392 e. The van der Waals surface area contributed by atoms with Crippen molar-refractivity contribution < 1.29 is 40.1 Å². The number of hydrogen-bond donors (Lipinski definition) is 7. The third-order valence-corrected chi connectivity index (χ3v) is 4.36. The van der Waals surface area contributed by atoms with Crippen LogP contribution in [0.4, 0.5) is 0 Å². The predicted octanol–water partition coefficient (Wildman–Crippen LogP) is -3.43. The molecule has 8 N–H and O–H groups in total. The highest BCUT2D eigenvalue weighted by molar-refractivity contribution is 5.21. The van der Waals surface area contributed by atoms with E-state index >= 15 is 0 Å². The summed E-state index contributed by atoms with van der Waals surface area (Å²) in [6.45, 7) is 1.26. The van der Waals surface area contributed by atoms with E-state index in [1.165, 1.54) is 6.08 Å². The third-order valence-electron chi connectivity index (χ3n) is 4.36. The van der Waals surface area contributed by atoms with Gasteiger partial charge in [-0.25, -0.2) is 0 Å². The number of rotatable bonds is 4. The van der Waals surface area contributed by atoms with E-state index in [1.807, 2.05) is 0 Å². The Balaban J connectivity index is 2.17. The molecule has 2 rings (SSSR count). The van der Waals surface area contributed by atoms with Gasteiger partial charge in [-0.15, -0.1) is 0 Å². The van der Waals surface area contributed by atoms with Gasteiger partial charge in [0, 0.05) is 0 Å². The number of ether oxygens (including phenoxy) is 2. The van der Waals surface area contributed by atoms with E-state index in [0.29, 0.717) is 6.42 Å². The molecule has 2 aliphatic rings. The van der Waals surface area contributed by atoms with Gasteiger partial charge in [0.1, 0.15) is 36.6 Å². The van der Waals surface area contributed by atoms with Crippen LogP contribution < -0.4 is 5.73 Å². The molecular weight excluding hydrogens is 310 g/mol. The first-order valence-corrected chi connectivity index (χ1v) is 7.60. The summed E-state index contributed by atoms with van der Waals surface area (Å²) in [6.07, 6.45) is -8.55. The van der Waals surface area contributed by atoms with Crippen molar-refractivity contribution in [2.45, 2.75) is 68.4 Å². The molecule has 9 atom stereocenters. The maximum atomic E-state index is 10.1. The minimum absolute atomic E-state index is 0.236. The zero-order valence-electron chi connectivity index (χ0n) is 12.8. The van der Waals surface area contributed by atoms with Crippen molar-refractivity contribution in [1.82, 2.24) is 0 Å². The quantitative estimate of drug-likeness (QED) is 0.259. The van der Waals surface area contributed by atoms with Gasteiger partial charge in [-0.05, 0) is 12.0 Å². The second-order valence-electron chi connectivity index (χ2n) is 5.94. The summed E-state index contributed by atoms with van der Waals surface area (Å²) in [5.74, 6) is 0. The first-order chi connectivity index (χ1) is 10.8. The molecule has 0 aromatic carbocycles. The second-order valence-corrected chi connectivity index (χ2v) is 5.94. The lowest BCUT2D eigenvalue weighted by atomic mass is 9.88. The molecule has 134 valence electrons. The molecule has 23 heavy (non-hydrogen) atoms. The molecule has 9 unspecified atom stereocenters. The molecule has 0 spiro atoms. The fraction of sp³-hybridized carbons (Fsp3) is 0.857. The molecule has 1 heterocycles. The van der Waals surface area contributed by atoms with Crippen LogP contribution in [0.25, 0.3) is 0 Å². The average molecular weight is 335 g/mol. The number of hydrogen-bond acceptors (Lipinski definition) is 9. The molecule has 1 aliphatic heterocycles. The monoisotopic (exact) mass is 335 g/mol. The molecule has 1 saturated heterocycles. The molecule has 0 radical (unpaired) electrons. The largest absolute Gasteiger partial charge is 0.392 e. The summed E-state index contributed by atoms with van der Waals surface area (Å²) in [4.78, 5) is 0. The predicted molar refractivity (Wildman–Crippen MR) is 77.0 cm³/mol. The van der Waals surface area contributed by atoms with Crippen molar-refractivity contribution in [3.8, 4) is 0 Å². The lowest BCUT2D eigenvalue weighted by Crippen LogP contribution is -2.61. The Morgan fingerprint density at radius 1 is 1.04 bits per heavy atom. The Labute approximate surface area is 133 Å². The van der Waals surface area contributed by atoms with Gasteiger partial charge in [0.05, 0.1) is 18.8 Å². The summed E-state index contributed by atoms with van der Waals surface area (Å²) in [7, 11) is 0. The van der Waals surface area contributed by atoms with Crippen molar-refractivity contribution in [2.75, 3.05) is 6.61 Å². The summed E-state index contributed by atoms with van der Waals surface area (Å²) < 4.78 is 10.9. The van der Waals surface area contributed by atoms with Crippen LogP contribution in [-0.2, 0) is 9.47 Å². The lowest BCUT2D eigenvalue weighted by Gasteiger charge is -2.43. The summed E-state index contributed by atoms with van der Waals surface area (Å²) >= 11 is 0. The highest BCUT2D eigenvalue weighted by atomic mass is 16.7. The maximum Gasteiger partial charge on any atom is 0.187 e. The summed E-state index contributed by atoms with van der Waals surface area (Å²) in [5, 5.41) is 59.0. The molecule has 1 aliphatic carbocycles. The first kappa shape index (κ1) is 18.7. The van der Waals surface area contributed by atoms with E-state index in [2.05, 4.69) is 0 Å². The van der Waals surface area contributed by atoms with Gasteiger partial charge >= 0.3 is 0 Å². The van der Waals surface area contributed by atoms with Crippen molar-refractivity contribution in [3.63, 3.8) is 0 Å². The molecule has 1 fully saturated rings. The Morgan fingerprint density at radius 3 is 2.26 bits per heavy atom. The SMILES string of the molecule is CCC1OC(OC2C(CO)=CC(N)C(O)C2O)C(O)C(O)C1O. The summed E-state index contributed by atoms with van der Waals surface area (Å²) in [5.41, 5.74) is 5.87. The number of aliphatic hydroxyl groups excluding tert-OH is 6. The van der Waals surface area contributed by atoms with Gasteiger partial charge < -0.3 is 45.8 Å². The van der Waals surface area contributed by atoms with Gasteiger partial charge in [-0.3, -0.25) is 0 Å². The van der Waals surface area contributed by atoms with Gasteiger partial charge in [0.2, 0.25) is 0 Å². The lowest BCUT2D eigenvalue weighted by molar-refractivity contribution is -0.313. The molecule has 0 amide bonds. The molecule has 9 nitrogen and oxygen atoms in total. The Bertz CT molecular complexity index is 431. The Morgan fingerprint density at radius 2 is 1.70 bits per heavy atom. The molecular formula is C14H25NO8.